The highest BCUT2D eigenvalue weighted by Crippen LogP contribution is 2.27. The fourth-order valence-electron chi connectivity index (χ4n) is 3.85. The van der Waals surface area contributed by atoms with Gasteiger partial charge in [0.2, 0.25) is 0 Å². The van der Waals surface area contributed by atoms with Gasteiger partial charge in [-0.1, -0.05) is 0 Å². The van der Waals surface area contributed by atoms with Gasteiger partial charge in [-0.15, -0.1) is 0 Å². The van der Waals surface area contributed by atoms with Crippen LogP contribution in [0.2, 0.25) is 0 Å². The molecule has 0 aliphatic carbocycles. The maximum absolute atomic E-state index is 12.5. The molecule has 2 bridgehead atoms. The number of nitrogens with one attached hydrogen (secondary N) is 1. The molecule has 12 nitrogen and oxygen atoms in total. The van der Waals surface area contributed by atoms with E-state index in [1.807, 2.05) is 6.07 Å². The first-order valence-corrected chi connectivity index (χ1v) is 9.93. The number of aliphatic carboxylic acids is 2. The molecule has 3 aliphatic rings. The van der Waals surface area contributed by atoms with Crippen molar-refractivity contribution in [1.29, 1.82) is 5.26 Å². The zero-order chi connectivity index (χ0) is 23.4. The Kier molecular flexibility index (Phi) is 7.04. The van der Waals surface area contributed by atoms with Gasteiger partial charge >= 0.3 is 11.9 Å². The number of carbonyl (C=O) groups is 3. The predicted octanol–water partition coefficient (Wildman–Crippen LogP) is -1.09. The van der Waals surface area contributed by atoms with Gasteiger partial charge in [0.25, 0.3) is 5.91 Å². The number of piperidine rings is 3. The molecular formula is C20H23N5O7. The van der Waals surface area contributed by atoms with Crippen LogP contribution in [0.25, 0.3) is 5.52 Å². The molecule has 5 N–H and O–H groups in total. The summed E-state index contributed by atoms with van der Waals surface area (Å²) in [5.74, 6) is -3.11. The van der Waals surface area contributed by atoms with Crippen LogP contribution in [-0.4, -0.2) is 90.4 Å². The van der Waals surface area contributed by atoms with E-state index in [0.29, 0.717) is 17.3 Å². The van der Waals surface area contributed by atoms with Gasteiger partial charge in [-0.3, -0.25) is 4.79 Å². The lowest BCUT2D eigenvalue weighted by molar-refractivity contribution is -0.165. The quantitative estimate of drug-likeness (QED) is 0.378. The van der Waals surface area contributed by atoms with Gasteiger partial charge in [-0.05, 0) is 44.0 Å². The van der Waals surface area contributed by atoms with E-state index in [0.717, 1.165) is 38.0 Å². The fraction of sp³-hybridized carbons (Fsp3) is 0.450. The molecule has 3 fully saturated rings. The van der Waals surface area contributed by atoms with Crippen LogP contribution in [0, 0.1) is 17.2 Å². The number of carboxylic acids is 2. The second kappa shape index (κ2) is 9.73. The van der Waals surface area contributed by atoms with Crippen molar-refractivity contribution in [3.8, 4) is 6.07 Å². The minimum absolute atomic E-state index is 0.154. The first-order valence-electron chi connectivity index (χ1n) is 9.93. The molecule has 0 radical (unpaired) electrons. The lowest BCUT2D eigenvalue weighted by Crippen LogP contribution is -2.57. The van der Waals surface area contributed by atoms with Gasteiger partial charge in [0.15, 0.2) is 12.2 Å². The highest BCUT2D eigenvalue weighted by molar-refractivity contribution is 5.92. The number of amides is 1. The van der Waals surface area contributed by atoms with Crippen molar-refractivity contribution < 1.29 is 34.8 Å². The Balaban J connectivity index is 0.000000247. The van der Waals surface area contributed by atoms with E-state index >= 15 is 0 Å². The summed E-state index contributed by atoms with van der Waals surface area (Å²) in [5.41, 5.74) is 1.68. The topological polar surface area (TPSA) is 188 Å². The molecular weight excluding hydrogens is 422 g/mol. The zero-order valence-electron chi connectivity index (χ0n) is 17.0. The molecule has 5 rings (SSSR count). The molecule has 2 aromatic heterocycles. The molecule has 3 atom stereocenters. The van der Waals surface area contributed by atoms with Crippen LogP contribution in [-0.2, 0) is 9.59 Å². The van der Waals surface area contributed by atoms with Crippen LogP contribution in [0.3, 0.4) is 0 Å². The number of carbonyl (C=O) groups excluding carboxylic acids is 1. The molecule has 1 amide bonds. The molecule has 2 aromatic rings. The van der Waals surface area contributed by atoms with Crippen molar-refractivity contribution in [3.05, 3.63) is 35.9 Å². The number of fused-ring (bicyclic) bond motifs is 4. The second-order valence-electron chi connectivity index (χ2n) is 7.68. The summed E-state index contributed by atoms with van der Waals surface area (Å²) >= 11 is 0. The predicted molar refractivity (Wildman–Crippen MR) is 108 cm³/mol. The number of hydrogen-bond donors (Lipinski definition) is 5. The Morgan fingerprint density at radius 3 is 2.25 bits per heavy atom. The van der Waals surface area contributed by atoms with Crippen molar-refractivity contribution in [2.45, 2.75) is 31.1 Å². The molecule has 3 aliphatic heterocycles. The number of carboxylic acid groups (broad SMARTS) is 2. The number of aliphatic hydroxyl groups is 2. The number of nitriles is 1. The summed E-state index contributed by atoms with van der Waals surface area (Å²) in [6.45, 7) is 3.23. The first-order chi connectivity index (χ1) is 15.2. The van der Waals surface area contributed by atoms with E-state index in [-0.39, 0.29) is 11.9 Å². The Morgan fingerprint density at radius 2 is 1.75 bits per heavy atom. The standard InChI is InChI=1S/C16H17N5O.C4H6O6/c17-7-12-1-2-13-8-18-15(10-21(12)13)16(22)19-14-9-20-5-3-11(14)4-6-20;5-1(3(7)8)2(6)4(9)10/h1-2,8,10-11,14H,3-6,9H2,(H,19,22);1-2,5-6H,(H,7,8)(H,9,10)/t14-;/m0./s1. The largest absolute Gasteiger partial charge is 0.479 e. The van der Waals surface area contributed by atoms with Crippen LogP contribution in [0.5, 0.6) is 0 Å². The Bertz CT molecular complexity index is 1040. The monoisotopic (exact) mass is 445 g/mol. The van der Waals surface area contributed by atoms with E-state index in [2.05, 4.69) is 21.3 Å². The number of nitrogens with zero attached hydrogens (tertiary/aromatic N) is 4. The minimum atomic E-state index is -2.27. The Morgan fingerprint density at radius 1 is 1.12 bits per heavy atom. The lowest BCUT2D eigenvalue weighted by atomic mass is 9.84. The average molecular weight is 445 g/mol. The van der Waals surface area contributed by atoms with E-state index in [4.69, 9.17) is 25.7 Å². The van der Waals surface area contributed by atoms with Crippen LogP contribution in [0.1, 0.15) is 29.0 Å². The normalized spacial score (nSPS) is 23.3. The summed E-state index contributed by atoms with van der Waals surface area (Å²) in [5, 5.41) is 44.7. The van der Waals surface area contributed by atoms with E-state index < -0.39 is 24.1 Å². The number of aliphatic hydroxyl groups excluding tert-OH is 2. The summed E-state index contributed by atoms with van der Waals surface area (Å²) in [7, 11) is 0. The Hall–Kier alpha value is -3.53. The third-order valence-corrected chi connectivity index (χ3v) is 5.66. The van der Waals surface area contributed by atoms with Crippen LogP contribution in [0.15, 0.2) is 24.5 Å². The molecule has 170 valence electrons. The van der Waals surface area contributed by atoms with Gasteiger partial charge < -0.3 is 35.0 Å². The lowest BCUT2D eigenvalue weighted by Gasteiger charge is -2.44. The average Bonchev–Trinajstić information content (AvgIpc) is 3.21. The molecule has 0 spiro atoms. The highest BCUT2D eigenvalue weighted by atomic mass is 16.4. The first kappa shape index (κ1) is 23.1. The third-order valence-electron chi connectivity index (χ3n) is 5.66. The van der Waals surface area contributed by atoms with Crippen molar-refractivity contribution in [1.82, 2.24) is 19.6 Å². The zero-order valence-corrected chi connectivity index (χ0v) is 17.0. The number of aromatic nitrogens is 2. The fourth-order valence-corrected chi connectivity index (χ4v) is 3.85. The van der Waals surface area contributed by atoms with Crippen molar-refractivity contribution >= 4 is 23.4 Å². The molecule has 3 saturated heterocycles. The number of hydrogen-bond acceptors (Lipinski definition) is 8. The molecule has 2 unspecified atom stereocenters. The van der Waals surface area contributed by atoms with Gasteiger partial charge in [0.05, 0.1) is 11.7 Å². The number of rotatable bonds is 5. The molecule has 0 aromatic carbocycles. The summed E-state index contributed by atoms with van der Waals surface area (Å²) in [6, 6.07) is 5.88. The third kappa shape index (κ3) is 5.02. The maximum atomic E-state index is 12.5. The minimum Gasteiger partial charge on any atom is -0.479 e. The SMILES string of the molecule is N#Cc1ccc2cnc(C(=O)N[C@H]3CN4CCC3CC4)cn12.O=C(O)C(O)C(O)C(=O)O. The summed E-state index contributed by atoms with van der Waals surface area (Å²) in [4.78, 5) is 38.6. The van der Waals surface area contributed by atoms with Crippen molar-refractivity contribution in [2.24, 2.45) is 5.92 Å². The van der Waals surface area contributed by atoms with Crippen LogP contribution in [0.4, 0.5) is 0 Å². The van der Waals surface area contributed by atoms with Crippen LogP contribution < -0.4 is 5.32 Å². The van der Waals surface area contributed by atoms with Crippen molar-refractivity contribution in [3.63, 3.8) is 0 Å². The summed E-state index contributed by atoms with van der Waals surface area (Å²) < 4.78 is 1.71. The Labute approximate surface area is 182 Å². The highest BCUT2D eigenvalue weighted by Gasteiger charge is 2.35. The van der Waals surface area contributed by atoms with Gasteiger partial charge in [-0.25, -0.2) is 14.6 Å². The summed E-state index contributed by atoms with van der Waals surface area (Å²) in [6.07, 6.45) is 1.06. The second-order valence-corrected chi connectivity index (χ2v) is 7.68. The van der Waals surface area contributed by atoms with Gasteiger partial charge in [-0.2, -0.15) is 5.26 Å². The maximum Gasteiger partial charge on any atom is 0.335 e. The van der Waals surface area contributed by atoms with Crippen LogP contribution >= 0.6 is 0 Å². The molecule has 32 heavy (non-hydrogen) atoms. The van der Waals surface area contributed by atoms with E-state index in [1.165, 1.54) is 0 Å². The smallest absolute Gasteiger partial charge is 0.335 e. The molecule has 12 heteroatoms. The van der Waals surface area contributed by atoms with E-state index in [1.54, 1.807) is 22.9 Å². The van der Waals surface area contributed by atoms with Gasteiger partial charge in [0.1, 0.15) is 17.5 Å². The molecule has 0 saturated carbocycles. The van der Waals surface area contributed by atoms with Gasteiger partial charge in [0, 0.05) is 18.8 Å². The molecule has 5 heterocycles. The van der Waals surface area contributed by atoms with Crippen molar-refractivity contribution in [2.75, 3.05) is 19.6 Å². The van der Waals surface area contributed by atoms with E-state index in [9.17, 15) is 14.4 Å².